The highest BCUT2D eigenvalue weighted by atomic mass is 15.4. The molecule has 1 N–H and O–H groups in total. The molecule has 3 rings (SSSR count). The lowest BCUT2D eigenvalue weighted by Crippen LogP contribution is -2.39. The number of nitrogens with one attached hydrogen (secondary N) is 1. The third kappa shape index (κ3) is 2.50. The van der Waals surface area contributed by atoms with E-state index in [2.05, 4.69) is 46.3 Å². The van der Waals surface area contributed by atoms with Crippen molar-refractivity contribution >= 4 is 11.5 Å². The molecule has 0 radical (unpaired) electrons. The Kier molecular flexibility index (Phi) is 3.87. The van der Waals surface area contributed by atoms with Crippen LogP contribution < -0.4 is 10.2 Å². The van der Waals surface area contributed by atoms with Crippen molar-refractivity contribution in [3.05, 3.63) is 24.0 Å². The summed E-state index contributed by atoms with van der Waals surface area (Å²) >= 11 is 0. The van der Waals surface area contributed by atoms with Crippen molar-refractivity contribution in [2.75, 3.05) is 24.5 Å². The maximum Gasteiger partial charge on any atom is 0.157 e. The predicted molar refractivity (Wildman–Crippen MR) is 81.3 cm³/mol. The van der Waals surface area contributed by atoms with E-state index in [1.54, 1.807) is 6.33 Å². The number of fused-ring (bicyclic) bond motifs is 1. The zero-order valence-corrected chi connectivity index (χ0v) is 12.3. The Morgan fingerprint density at radius 3 is 3.15 bits per heavy atom. The third-order valence-electron chi connectivity index (χ3n) is 3.98. The molecule has 5 nitrogen and oxygen atoms in total. The van der Waals surface area contributed by atoms with E-state index in [1.165, 1.54) is 30.6 Å². The van der Waals surface area contributed by atoms with E-state index < -0.39 is 0 Å². The number of hydrogen-bond acceptors (Lipinski definition) is 4. The van der Waals surface area contributed by atoms with Gasteiger partial charge in [0.1, 0.15) is 12.1 Å². The van der Waals surface area contributed by atoms with E-state index in [9.17, 15) is 0 Å². The summed E-state index contributed by atoms with van der Waals surface area (Å²) in [6.45, 7) is 7.59. The van der Waals surface area contributed by atoms with Crippen LogP contribution in [0.25, 0.3) is 5.65 Å². The van der Waals surface area contributed by atoms with Crippen molar-refractivity contribution in [3.63, 3.8) is 0 Å². The van der Waals surface area contributed by atoms with Crippen LogP contribution in [-0.4, -0.2) is 40.3 Å². The first-order valence-corrected chi connectivity index (χ1v) is 7.57. The van der Waals surface area contributed by atoms with Gasteiger partial charge in [-0.1, -0.05) is 6.92 Å². The lowest BCUT2D eigenvalue weighted by atomic mass is 10.2. The van der Waals surface area contributed by atoms with Gasteiger partial charge in [0, 0.05) is 19.1 Å². The summed E-state index contributed by atoms with van der Waals surface area (Å²) in [5.74, 6) is 1.18. The normalized spacial score (nSPS) is 19.1. The second-order valence-electron chi connectivity index (χ2n) is 5.61. The zero-order valence-electron chi connectivity index (χ0n) is 12.3. The van der Waals surface area contributed by atoms with Crippen LogP contribution >= 0.6 is 0 Å². The fourth-order valence-corrected chi connectivity index (χ4v) is 3.04. The van der Waals surface area contributed by atoms with Crippen LogP contribution in [0.4, 0.5) is 5.82 Å². The number of aryl methyl sites for hydroxylation is 1. The van der Waals surface area contributed by atoms with E-state index >= 15 is 0 Å². The van der Waals surface area contributed by atoms with Crippen LogP contribution in [-0.2, 0) is 0 Å². The van der Waals surface area contributed by atoms with Gasteiger partial charge in [0.25, 0.3) is 0 Å². The molecule has 0 aliphatic carbocycles. The van der Waals surface area contributed by atoms with E-state index in [-0.39, 0.29) is 0 Å². The minimum Gasteiger partial charge on any atom is -0.352 e. The van der Waals surface area contributed by atoms with E-state index in [0.29, 0.717) is 6.04 Å². The summed E-state index contributed by atoms with van der Waals surface area (Å²) in [5.41, 5.74) is 2.18. The SMILES string of the molecule is CCCNCC1CCCN1c1cc(C)cc2ncnn12. The minimum absolute atomic E-state index is 0.566. The number of pyridine rings is 1. The molecule has 20 heavy (non-hydrogen) atoms. The molecule has 0 amide bonds. The molecule has 1 unspecified atom stereocenters. The first kappa shape index (κ1) is 13.4. The molecule has 5 heteroatoms. The third-order valence-corrected chi connectivity index (χ3v) is 3.98. The highest BCUT2D eigenvalue weighted by Gasteiger charge is 2.26. The molecule has 1 atom stereocenters. The Morgan fingerprint density at radius 1 is 1.40 bits per heavy atom. The number of nitrogens with zero attached hydrogens (tertiary/aromatic N) is 4. The van der Waals surface area contributed by atoms with Gasteiger partial charge in [-0.25, -0.2) is 4.98 Å². The van der Waals surface area contributed by atoms with Crippen molar-refractivity contribution < 1.29 is 0 Å². The summed E-state index contributed by atoms with van der Waals surface area (Å²) in [7, 11) is 0. The molecular formula is C15H23N5. The fourth-order valence-electron chi connectivity index (χ4n) is 3.04. The second-order valence-corrected chi connectivity index (χ2v) is 5.61. The van der Waals surface area contributed by atoms with Gasteiger partial charge in [-0.2, -0.15) is 9.61 Å². The van der Waals surface area contributed by atoms with Gasteiger partial charge in [-0.15, -0.1) is 0 Å². The zero-order chi connectivity index (χ0) is 13.9. The summed E-state index contributed by atoms with van der Waals surface area (Å²) in [5, 5.41) is 7.93. The first-order chi connectivity index (χ1) is 9.79. The van der Waals surface area contributed by atoms with Crippen LogP contribution in [0.5, 0.6) is 0 Å². The molecule has 1 aliphatic rings. The van der Waals surface area contributed by atoms with E-state index in [4.69, 9.17) is 0 Å². The standard InChI is InChI=1S/C15H23N5/c1-3-6-16-10-13-5-4-7-19(13)15-9-12(2)8-14-17-11-18-20(14)15/h8-9,11,13,16H,3-7,10H2,1-2H3. The molecule has 1 saturated heterocycles. The highest BCUT2D eigenvalue weighted by Crippen LogP contribution is 2.26. The van der Waals surface area contributed by atoms with Crippen molar-refractivity contribution in [1.29, 1.82) is 0 Å². The van der Waals surface area contributed by atoms with Gasteiger partial charge in [-0.3, -0.25) is 0 Å². The number of hydrogen-bond donors (Lipinski definition) is 1. The highest BCUT2D eigenvalue weighted by molar-refractivity contribution is 5.54. The van der Waals surface area contributed by atoms with Crippen LogP contribution in [0.1, 0.15) is 31.7 Å². The van der Waals surface area contributed by atoms with Crippen molar-refractivity contribution in [1.82, 2.24) is 19.9 Å². The molecule has 1 aliphatic heterocycles. The quantitative estimate of drug-likeness (QED) is 0.846. The van der Waals surface area contributed by atoms with Crippen LogP contribution in [0.15, 0.2) is 18.5 Å². The van der Waals surface area contributed by atoms with Crippen molar-refractivity contribution in [3.8, 4) is 0 Å². The maximum absolute atomic E-state index is 4.38. The molecule has 0 aromatic carbocycles. The number of aromatic nitrogens is 3. The van der Waals surface area contributed by atoms with Gasteiger partial charge >= 0.3 is 0 Å². The van der Waals surface area contributed by atoms with Gasteiger partial charge in [-0.05, 0) is 50.4 Å². The smallest absolute Gasteiger partial charge is 0.157 e. The summed E-state index contributed by atoms with van der Waals surface area (Å²) in [6, 6.07) is 4.87. The average Bonchev–Trinajstić information content (AvgIpc) is 3.06. The molecule has 2 aromatic heterocycles. The van der Waals surface area contributed by atoms with Crippen LogP contribution in [0.2, 0.25) is 0 Å². The second kappa shape index (κ2) is 5.79. The van der Waals surface area contributed by atoms with Crippen molar-refractivity contribution in [2.24, 2.45) is 0 Å². The molecular weight excluding hydrogens is 250 g/mol. The average molecular weight is 273 g/mol. The van der Waals surface area contributed by atoms with Gasteiger partial charge in [0.15, 0.2) is 5.65 Å². The molecule has 0 bridgehead atoms. The molecule has 0 spiro atoms. The summed E-state index contributed by atoms with van der Waals surface area (Å²) in [4.78, 5) is 6.81. The fraction of sp³-hybridized carbons (Fsp3) is 0.600. The summed E-state index contributed by atoms with van der Waals surface area (Å²) in [6.07, 6.45) is 5.33. The van der Waals surface area contributed by atoms with Crippen LogP contribution in [0, 0.1) is 6.92 Å². The van der Waals surface area contributed by atoms with E-state index in [1.807, 2.05) is 4.52 Å². The molecule has 1 fully saturated rings. The Morgan fingerprint density at radius 2 is 2.30 bits per heavy atom. The molecule has 108 valence electrons. The van der Waals surface area contributed by atoms with Crippen molar-refractivity contribution in [2.45, 2.75) is 39.2 Å². The van der Waals surface area contributed by atoms with Crippen LogP contribution in [0.3, 0.4) is 0 Å². The first-order valence-electron chi connectivity index (χ1n) is 7.57. The lowest BCUT2D eigenvalue weighted by Gasteiger charge is -2.27. The Bertz CT molecular complexity index is 577. The Labute approximate surface area is 120 Å². The minimum atomic E-state index is 0.566. The van der Waals surface area contributed by atoms with Gasteiger partial charge < -0.3 is 10.2 Å². The number of anilines is 1. The molecule has 3 heterocycles. The topological polar surface area (TPSA) is 45.5 Å². The monoisotopic (exact) mass is 273 g/mol. The van der Waals surface area contributed by atoms with Gasteiger partial charge in [0.05, 0.1) is 0 Å². The lowest BCUT2D eigenvalue weighted by molar-refractivity contribution is 0.566. The van der Waals surface area contributed by atoms with E-state index in [0.717, 1.165) is 25.3 Å². The number of rotatable bonds is 5. The Hall–Kier alpha value is -1.62. The largest absolute Gasteiger partial charge is 0.352 e. The molecule has 2 aromatic rings. The maximum atomic E-state index is 4.38. The predicted octanol–water partition coefficient (Wildman–Crippen LogP) is 2.01. The summed E-state index contributed by atoms with van der Waals surface area (Å²) < 4.78 is 1.96. The Balaban J connectivity index is 1.87. The molecule has 0 saturated carbocycles. The van der Waals surface area contributed by atoms with Gasteiger partial charge in [0.2, 0.25) is 0 Å².